The van der Waals surface area contributed by atoms with Gasteiger partial charge in [0.05, 0.1) is 7.11 Å². The number of ether oxygens (including phenoxy) is 1. The van der Waals surface area contributed by atoms with Crippen LogP contribution in [0.1, 0.15) is 22.3 Å². The molecule has 5 nitrogen and oxygen atoms in total. The van der Waals surface area contributed by atoms with Gasteiger partial charge in [-0.2, -0.15) is 0 Å². The number of carbonyl (C=O) groups excluding carboxylic acids is 2. The first-order valence-electron chi connectivity index (χ1n) is 11.5. The highest BCUT2D eigenvalue weighted by molar-refractivity contribution is 5.98. The molecule has 35 heavy (non-hydrogen) atoms. The van der Waals surface area contributed by atoms with Gasteiger partial charge in [-0.3, -0.25) is 9.59 Å². The molecule has 0 aliphatic carbocycles. The Kier molecular flexibility index (Phi) is 7.27. The van der Waals surface area contributed by atoms with E-state index in [1.807, 2.05) is 115 Å². The largest absolute Gasteiger partial charge is 0.496 e. The second-order valence-electron chi connectivity index (χ2n) is 8.29. The number of benzene rings is 4. The molecule has 0 fully saturated rings. The van der Waals surface area contributed by atoms with Gasteiger partial charge >= 0.3 is 0 Å². The van der Waals surface area contributed by atoms with Crippen molar-refractivity contribution in [2.45, 2.75) is 17.9 Å². The van der Waals surface area contributed by atoms with E-state index in [4.69, 9.17) is 10.5 Å². The maximum Gasteiger partial charge on any atom is 0.240 e. The zero-order chi connectivity index (χ0) is 24.7. The number of amides is 2. The van der Waals surface area contributed by atoms with Crippen LogP contribution in [0.2, 0.25) is 0 Å². The molecule has 1 atom stereocenters. The fourth-order valence-electron chi connectivity index (χ4n) is 4.54. The summed E-state index contributed by atoms with van der Waals surface area (Å²) in [5.74, 6) is -0.319. The second-order valence-corrected chi connectivity index (χ2v) is 8.29. The van der Waals surface area contributed by atoms with Gasteiger partial charge in [0.25, 0.3) is 0 Å². The van der Waals surface area contributed by atoms with Gasteiger partial charge in [-0.25, -0.2) is 0 Å². The number of methoxy groups -OCH3 is 1. The molecule has 0 heterocycles. The van der Waals surface area contributed by atoms with E-state index in [9.17, 15) is 9.59 Å². The number of para-hydroxylation sites is 1. The highest BCUT2D eigenvalue weighted by atomic mass is 16.5. The number of hydrogen-bond donors (Lipinski definition) is 2. The standard InChI is InChI=1S/C30H28N2O3/c1-35-27-20-12-11-13-22(27)21-26(28(31)33)32-29(34)30(23-14-5-2-6-15-23,24-16-7-3-8-17-24)25-18-9-4-10-19-25/h2-20,26H,21H2,1H3,(H2,31,33)(H,32,34)/t26-/m1/s1. The molecular weight excluding hydrogens is 436 g/mol. The van der Waals surface area contributed by atoms with Crippen LogP contribution in [0.4, 0.5) is 0 Å². The molecule has 0 spiro atoms. The van der Waals surface area contributed by atoms with E-state index in [0.29, 0.717) is 5.75 Å². The SMILES string of the molecule is COc1ccccc1C[C@@H](NC(=O)C(c1ccccc1)(c1ccccc1)c1ccccc1)C(N)=O. The minimum atomic E-state index is -1.20. The minimum Gasteiger partial charge on any atom is -0.496 e. The summed E-state index contributed by atoms with van der Waals surface area (Å²) in [6, 6.07) is 35.2. The molecule has 4 aromatic carbocycles. The first kappa shape index (κ1) is 23.8. The van der Waals surface area contributed by atoms with E-state index in [0.717, 1.165) is 22.3 Å². The van der Waals surface area contributed by atoms with Crippen LogP contribution in [0.3, 0.4) is 0 Å². The molecule has 2 amide bonds. The molecule has 4 aromatic rings. The van der Waals surface area contributed by atoms with E-state index in [1.165, 1.54) is 0 Å². The third-order valence-electron chi connectivity index (χ3n) is 6.23. The lowest BCUT2D eigenvalue weighted by molar-refractivity contribution is -0.129. The van der Waals surface area contributed by atoms with Crippen molar-refractivity contribution >= 4 is 11.8 Å². The van der Waals surface area contributed by atoms with Crippen molar-refractivity contribution in [3.8, 4) is 5.75 Å². The van der Waals surface area contributed by atoms with Gasteiger partial charge in [-0.15, -0.1) is 0 Å². The molecule has 0 aliphatic rings. The molecule has 3 N–H and O–H groups in total. The number of rotatable bonds is 9. The van der Waals surface area contributed by atoms with E-state index in [1.54, 1.807) is 7.11 Å². The Morgan fingerprint density at radius 3 is 1.60 bits per heavy atom. The predicted octanol–water partition coefficient (Wildman–Crippen LogP) is 4.24. The van der Waals surface area contributed by atoms with Crippen molar-refractivity contribution in [2.75, 3.05) is 7.11 Å². The van der Waals surface area contributed by atoms with Crippen molar-refractivity contribution in [3.05, 3.63) is 138 Å². The maximum absolute atomic E-state index is 14.4. The second kappa shape index (κ2) is 10.7. The lowest BCUT2D eigenvalue weighted by atomic mass is 9.68. The summed E-state index contributed by atoms with van der Waals surface area (Å²) in [6.07, 6.45) is 0.208. The summed E-state index contributed by atoms with van der Waals surface area (Å²) in [5, 5.41) is 2.98. The van der Waals surface area contributed by atoms with Crippen molar-refractivity contribution in [3.63, 3.8) is 0 Å². The van der Waals surface area contributed by atoms with Crippen LogP contribution in [0.5, 0.6) is 5.75 Å². The van der Waals surface area contributed by atoms with Gasteiger partial charge in [0.15, 0.2) is 0 Å². The third-order valence-corrected chi connectivity index (χ3v) is 6.23. The molecule has 0 saturated heterocycles. The lowest BCUT2D eigenvalue weighted by Gasteiger charge is -2.35. The van der Waals surface area contributed by atoms with E-state index >= 15 is 0 Å². The normalized spacial score (nSPS) is 11.9. The molecule has 176 valence electrons. The molecule has 5 heteroatoms. The van der Waals surface area contributed by atoms with Crippen LogP contribution in [0, 0.1) is 0 Å². The summed E-state index contributed by atoms with van der Waals surface area (Å²) < 4.78 is 5.44. The van der Waals surface area contributed by atoms with Crippen LogP contribution in [-0.4, -0.2) is 25.0 Å². The number of primary amides is 1. The zero-order valence-electron chi connectivity index (χ0n) is 19.6. The average molecular weight is 465 g/mol. The molecule has 4 rings (SSSR count). The van der Waals surface area contributed by atoms with Gasteiger partial charge in [0.1, 0.15) is 17.2 Å². The van der Waals surface area contributed by atoms with Gasteiger partial charge in [-0.1, -0.05) is 109 Å². The molecule has 0 aromatic heterocycles. The summed E-state index contributed by atoms with van der Waals surface area (Å²) >= 11 is 0. The minimum absolute atomic E-state index is 0.208. The predicted molar refractivity (Wildman–Crippen MR) is 137 cm³/mol. The molecule has 0 bridgehead atoms. The van der Waals surface area contributed by atoms with Crippen molar-refractivity contribution < 1.29 is 14.3 Å². The Morgan fingerprint density at radius 2 is 1.17 bits per heavy atom. The summed E-state index contributed by atoms with van der Waals surface area (Å²) in [6.45, 7) is 0. The lowest BCUT2D eigenvalue weighted by Crippen LogP contribution is -2.54. The van der Waals surface area contributed by atoms with Gasteiger partial charge in [0, 0.05) is 6.42 Å². The quantitative estimate of drug-likeness (QED) is 0.364. The summed E-state index contributed by atoms with van der Waals surface area (Å²) in [5.41, 5.74) is 7.74. The zero-order valence-corrected chi connectivity index (χ0v) is 19.6. The maximum atomic E-state index is 14.4. The monoisotopic (exact) mass is 464 g/mol. The number of carbonyl (C=O) groups is 2. The first-order chi connectivity index (χ1) is 17.1. The Bertz CT molecular complexity index is 1180. The van der Waals surface area contributed by atoms with Crippen LogP contribution in [0.25, 0.3) is 0 Å². The van der Waals surface area contributed by atoms with E-state index in [-0.39, 0.29) is 12.3 Å². The van der Waals surface area contributed by atoms with Gasteiger partial charge in [0.2, 0.25) is 11.8 Å². The molecule has 0 aliphatic heterocycles. The first-order valence-corrected chi connectivity index (χ1v) is 11.5. The van der Waals surface area contributed by atoms with Crippen LogP contribution in [0.15, 0.2) is 115 Å². The highest BCUT2D eigenvalue weighted by Gasteiger charge is 2.44. The van der Waals surface area contributed by atoms with Gasteiger partial charge < -0.3 is 15.8 Å². The smallest absolute Gasteiger partial charge is 0.240 e. The Balaban J connectivity index is 1.84. The highest BCUT2D eigenvalue weighted by Crippen LogP contribution is 2.39. The summed E-state index contributed by atoms with van der Waals surface area (Å²) in [7, 11) is 1.57. The number of nitrogens with two attached hydrogens (primary N) is 1. The van der Waals surface area contributed by atoms with Crippen LogP contribution < -0.4 is 15.8 Å². The third kappa shape index (κ3) is 4.80. The Morgan fingerprint density at radius 1 is 0.743 bits per heavy atom. The van der Waals surface area contributed by atoms with Crippen molar-refractivity contribution in [1.29, 1.82) is 0 Å². The van der Waals surface area contributed by atoms with E-state index < -0.39 is 17.4 Å². The number of nitrogens with one attached hydrogen (secondary N) is 1. The van der Waals surface area contributed by atoms with Gasteiger partial charge in [-0.05, 0) is 28.3 Å². The fraction of sp³-hybridized carbons (Fsp3) is 0.133. The molecule has 0 saturated carbocycles. The van der Waals surface area contributed by atoms with Crippen molar-refractivity contribution in [1.82, 2.24) is 5.32 Å². The van der Waals surface area contributed by atoms with Crippen LogP contribution >= 0.6 is 0 Å². The molecular formula is C30H28N2O3. The Labute approximate surface area is 205 Å². The number of hydrogen-bond acceptors (Lipinski definition) is 3. The molecule has 0 unspecified atom stereocenters. The molecule has 0 radical (unpaired) electrons. The van der Waals surface area contributed by atoms with Crippen molar-refractivity contribution in [2.24, 2.45) is 5.73 Å². The van der Waals surface area contributed by atoms with E-state index in [2.05, 4.69) is 5.32 Å². The van der Waals surface area contributed by atoms with Crippen LogP contribution in [-0.2, 0) is 21.4 Å². The fourth-order valence-corrected chi connectivity index (χ4v) is 4.54. The Hall–Kier alpha value is -4.38. The average Bonchev–Trinajstić information content (AvgIpc) is 2.91. The topological polar surface area (TPSA) is 81.4 Å². The summed E-state index contributed by atoms with van der Waals surface area (Å²) in [4.78, 5) is 26.9.